The predicted molar refractivity (Wildman–Crippen MR) is 71.1 cm³/mol. The largest absolute Gasteiger partial charge is 0.393 e. The molecule has 0 radical (unpaired) electrons. The molecule has 2 aliphatic rings. The molecule has 1 saturated heterocycles. The van der Waals surface area contributed by atoms with Gasteiger partial charge in [-0.15, -0.1) is 0 Å². The molecule has 2 fully saturated rings. The van der Waals surface area contributed by atoms with Gasteiger partial charge in [0.15, 0.2) is 0 Å². The van der Waals surface area contributed by atoms with E-state index < -0.39 is 17.8 Å². The second kappa shape index (κ2) is 5.75. The summed E-state index contributed by atoms with van der Waals surface area (Å²) in [5.74, 6) is 0. The lowest BCUT2D eigenvalue weighted by molar-refractivity contribution is -0.185. The number of ether oxygens (including phenoxy) is 2. The van der Waals surface area contributed by atoms with Crippen LogP contribution in [0.2, 0.25) is 0 Å². The van der Waals surface area contributed by atoms with Crippen molar-refractivity contribution in [2.24, 2.45) is 5.10 Å². The van der Waals surface area contributed by atoms with Crippen molar-refractivity contribution in [3.8, 4) is 0 Å². The molecule has 1 saturated carbocycles. The molecule has 1 heterocycles. The van der Waals surface area contributed by atoms with E-state index >= 15 is 0 Å². The molecule has 6 heteroatoms. The van der Waals surface area contributed by atoms with Crippen LogP contribution in [0.15, 0.2) is 5.10 Å². The zero-order valence-electron chi connectivity index (χ0n) is 11.8. The molecule has 0 spiro atoms. The molecule has 0 aromatic rings. The summed E-state index contributed by atoms with van der Waals surface area (Å²) >= 11 is 0. The molecule has 0 aromatic carbocycles. The van der Waals surface area contributed by atoms with Gasteiger partial charge in [0.05, 0.1) is 37.2 Å². The zero-order valence-corrected chi connectivity index (χ0v) is 11.8. The van der Waals surface area contributed by atoms with Crippen molar-refractivity contribution in [2.75, 3.05) is 20.7 Å². The van der Waals surface area contributed by atoms with Crippen LogP contribution in [0.1, 0.15) is 26.2 Å². The highest BCUT2D eigenvalue weighted by molar-refractivity contribution is 5.62. The van der Waals surface area contributed by atoms with E-state index in [0.717, 1.165) is 0 Å². The van der Waals surface area contributed by atoms with E-state index in [1.54, 1.807) is 11.2 Å². The average Bonchev–Trinajstić information content (AvgIpc) is 2.69. The van der Waals surface area contributed by atoms with Crippen molar-refractivity contribution in [2.45, 2.75) is 56.2 Å². The Morgan fingerprint density at radius 3 is 2.89 bits per heavy atom. The molecule has 1 aliphatic carbocycles. The standard InChI is InChI=1S/C13H24N2O4/c1-9(8-14-15(2)3)19-12-7-10(16)6-11-13(12,17)4-5-18-11/h8-12,16-17H,4-7H2,1-3H3/b14-8+/t9-,10+,11-,12+,13+/m0/s1. The van der Waals surface area contributed by atoms with Crippen LogP contribution in [-0.4, -0.2) is 72.2 Å². The summed E-state index contributed by atoms with van der Waals surface area (Å²) in [6, 6.07) is 0. The minimum absolute atomic E-state index is 0.219. The molecule has 1 aliphatic heterocycles. The molecule has 5 atom stereocenters. The van der Waals surface area contributed by atoms with Gasteiger partial charge in [0.2, 0.25) is 0 Å². The van der Waals surface area contributed by atoms with E-state index in [0.29, 0.717) is 25.9 Å². The van der Waals surface area contributed by atoms with Gasteiger partial charge in [-0.2, -0.15) is 5.10 Å². The summed E-state index contributed by atoms with van der Waals surface area (Å²) in [4.78, 5) is 0. The van der Waals surface area contributed by atoms with Crippen molar-refractivity contribution >= 4 is 6.21 Å². The third kappa shape index (κ3) is 3.25. The molecule has 0 amide bonds. The number of aliphatic hydroxyl groups excluding tert-OH is 1. The van der Waals surface area contributed by atoms with E-state index in [-0.39, 0.29) is 12.2 Å². The first-order chi connectivity index (χ1) is 8.91. The van der Waals surface area contributed by atoms with Crippen molar-refractivity contribution in [3.63, 3.8) is 0 Å². The number of hydrogen-bond acceptors (Lipinski definition) is 6. The van der Waals surface area contributed by atoms with Crippen LogP contribution < -0.4 is 0 Å². The Morgan fingerprint density at radius 1 is 1.47 bits per heavy atom. The quantitative estimate of drug-likeness (QED) is 0.556. The Morgan fingerprint density at radius 2 is 2.21 bits per heavy atom. The molecule has 0 bridgehead atoms. The van der Waals surface area contributed by atoms with Crippen LogP contribution in [0.3, 0.4) is 0 Å². The van der Waals surface area contributed by atoms with Crippen LogP contribution >= 0.6 is 0 Å². The Bertz CT molecular complexity index is 337. The number of nitrogens with zero attached hydrogens (tertiary/aromatic N) is 2. The Hall–Kier alpha value is -0.690. The highest BCUT2D eigenvalue weighted by Crippen LogP contribution is 2.40. The van der Waals surface area contributed by atoms with Crippen LogP contribution in [0, 0.1) is 0 Å². The minimum Gasteiger partial charge on any atom is -0.393 e. The molecular formula is C13H24N2O4. The first-order valence-corrected chi connectivity index (χ1v) is 6.80. The van der Waals surface area contributed by atoms with Crippen LogP contribution in [0.5, 0.6) is 0 Å². The maximum absolute atomic E-state index is 10.7. The second-order valence-corrected chi connectivity index (χ2v) is 5.67. The Balaban J connectivity index is 2.01. The van der Waals surface area contributed by atoms with Gasteiger partial charge >= 0.3 is 0 Å². The minimum atomic E-state index is -0.973. The third-order valence-corrected chi connectivity index (χ3v) is 3.80. The zero-order chi connectivity index (χ0) is 14.0. The fraction of sp³-hybridized carbons (Fsp3) is 0.923. The topological polar surface area (TPSA) is 74.5 Å². The van der Waals surface area contributed by atoms with Gasteiger partial charge in [0, 0.05) is 33.4 Å². The molecule has 0 aromatic heterocycles. The number of hydrogen-bond donors (Lipinski definition) is 2. The fourth-order valence-electron chi connectivity index (χ4n) is 2.80. The van der Waals surface area contributed by atoms with Gasteiger partial charge in [-0.3, -0.25) is 0 Å². The Labute approximate surface area is 114 Å². The normalized spacial score (nSPS) is 40.4. The average molecular weight is 272 g/mol. The molecule has 2 rings (SSSR count). The number of aliphatic hydroxyl groups is 2. The number of fused-ring (bicyclic) bond motifs is 1. The summed E-state index contributed by atoms with van der Waals surface area (Å²) in [6.45, 7) is 2.40. The molecule has 6 nitrogen and oxygen atoms in total. The van der Waals surface area contributed by atoms with Crippen molar-refractivity contribution in [1.29, 1.82) is 0 Å². The maximum atomic E-state index is 10.7. The molecular weight excluding hydrogens is 248 g/mol. The first kappa shape index (κ1) is 14.7. The summed E-state index contributed by atoms with van der Waals surface area (Å²) < 4.78 is 11.4. The van der Waals surface area contributed by atoms with Crippen LogP contribution in [0.4, 0.5) is 0 Å². The highest BCUT2D eigenvalue weighted by Gasteiger charge is 2.53. The highest BCUT2D eigenvalue weighted by atomic mass is 16.5. The van der Waals surface area contributed by atoms with Gasteiger partial charge in [-0.25, -0.2) is 0 Å². The van der Waals surface area contributed by atoms with Gasteiger partial charge < -0.3 is 24.7 Å². The van der Waals surface area contributed by atoms with E-state index in [1.807, 2.05) is 21.0 Å². The van der Waals surface area contributed by atoms with Crippen molar-refractivity contribution in [1.82, 2.24) is 5.01 Å². The van der Waals surface area contributed by atoms with Crippen molar-refractivity contribution < 1.29 is 19.7 Å². The van der Waals surface area contributed by atoms with E-state index in [4.69, 9.17) is 9.47 Å². The van der Waals surface area contributed by atoms with Gasteiger partial charge in [-0.05, 0) is 6.92 Å². The second-order valence-electron chi connectivity index (χ2n) is 5.67. The van der Waals surface area contributed by atoms with Gasteiger partial charge in [-0.1, -0.05) is 0 Å². The van der Waals surface area contributed by atoms with Crippen LogP contribution in [0.25, 0.3) is 0 Å². The van der Waals surface area contributed by atoms with E-state index in [1.165, 1.54) is 0 Å². The maximum Gasteiger partial charge on any atom is 0.119 e. The lowest BCUT2D eigenvalue weighted by atomic mass is 9.78. The fourth-order valence-corrected chi connectivity index (χ4v) is 2.80. The van der Waals surface area contributed by atoms with E-state index in [9.17, 15) is 10.2 Å². The lowest BCUT2D eigenvalue weighted by Crippen LogP contribution is -2.57. The van der Waals surface area contributed by atoms with E-state index in [2.05, 4.69) is 5.10 Å². The van der Waals surface area contributed by atoms with Crippen molar-refractivity contribution in [3.05, 3.63) is 0 Å². The van der Waals surface area contributed by atoms with Gasteiger partial charge in [0.25, 0.3) is 0 Å². The predicted octanol–water partition coefficient (Wildman–Crippen LogP) is -0.0178. The molecule has 110 valence electrons. The smallest absolute Gasteiger partial charge is 0.119 e. The summed E-state index contributed by atoms with van der Waals surface area (Å²) in [5, 5.41) is 26.4. The summed E-state index contributed by atoms with van der Waals surface area (Å²) in [5.41, 5.74) is -0.973. The van der Waals surface area contributed by atoms with Gasteiger partial charge in [0.1, 0.15) is 5.60 Å². The number of rotatable bonds is 4. The first-order valence-electron chi connectivity index (χ1n) is 6.80. The molecule has 0 unspecified atom stereocenters. The van der Waals surface area contributed by atoms with Crippen LogP contribution in [-0.2, 0) is 9.47 Å². The summed E-state index contributed by atoms with van der Waals surface area (Å²) in [6.07, 6.45) is 1.75. The summed E-state index contributed by atoms with van der Waals surface area (Å²) in [7, 11) is 3.67. The SMILES string of the molecule is C[C@@H](/C=N/N(C)C)O[C@@H]1C[C@H](O)C[C@@H]2OCC[C@@]21O. The lowest BCUT2D eigenvalue weighted by Gasteiger charge is -2.42. The molecule has 2 N–H and O–H groups in total. The third-order valence-electron chi connectivity index (χ3n) is 3.80. The monoisotopic (exact) mass is 272 g/mol. The number of hydrazone groups is 1. The Kier molecular flexibility index (Phi) is 4.45. The molecule has 19 heavy (non-hydrogen) atoms.